The van der Waals surface area contributed by atoms with Crippen molar-refractivity contribution >= 4 is 6.09 Å². The summed E-state index contributed by atoms with van der Waals surface area (Å²) < 4.78 is 5.26. The lowest BCUT2D eigenvalue weighted by atomic mass is 9.82. The van der Waals surface area contributed by atoms with Gasteiger partial charge in [-0.2, -0.15) is 0 Å². The van der Waals surface area contributed by atoms with E-state index >= 15 is 0 Å². The fraction of sp³-hybridized carbons (Fsp3) is 0.933. The Bertz CT molecular complexity index is 333. The first kappa shape index (κ1) is 15.6. The van der Waals surface area contributed by atoms with E-state index in [0.29, 0.717) is 5.92 Å². The third-order valence-corrected chi connectivity index (χ3v) is 4.59. The Hall–Kier alpha value is -0.810. The van der Waals surface area contributed by atoms with Gasteiger partial charge >= 0.3 is 6.09 Å². The fourth-order valence-corrected chi connectivity index (χ4v) is 3.21. The van der Waals surface area contributed by atoms with Crippen LogP contribution in [0.1, 0.15) is 58.8 Å². The van der Waals surface area contributed by atoms with Gasteiger partial charge in [0.25, 0.3) is 0 Å². The average Bonchev–Trinajstić information content (AvgIpc) is 2.69. The van der Waals surface area contributed by atoms with Crippen molar-refractivity contribution in [2.45, 2.75) is 82.6 Å². The highest BCUT2D eigenvalue weighted by Crippen LogP contribution is 2.31. The number of carbonyl (C=O) groups excluding carboxylic acids is 1. The highest BCUT2D eigenvalue weighted by atomic mass is 16.6. The van der Waals surface area contributed by atoms with Gasteiger partial charge < -0.3 is 20.3 Å². The zero-order chi connectivity index (χ0) is 14.8. The molecule has 3 N–H and O–H groups in total. The minimum absolute atomic E-state index is 0.0393. The fourth-order valence-electron chi connectivity index (χ4n) is 3.21. The van der Waals surface area contributed by atoms with Gasteiger partial charge in [-0.25, -0.2) is 4.79 Å². The summed E-state index contributed by atoms with van der Waals surface area (Å²) in [5, 5.41) is 22.7. The number of nitrogens with one attached hydrogen (secondary N) is 1. The lowest BCUT2D eigenvalue weighted by molar-refractivity contribution is -0.0674. The number of cyclic esters (lactones) is 1. The van der Waals surface area contributed by atoms with Gasteiger partial charge in [-0.05, 0) is 26.2 Å². The molecule has 5 nitrogen and oxygen atoms in total. The van der Waals surface area contributed by atoms with E-state index in [4.69, 9.17) is 4.74 Å². The van der Waals surface area contributed by atoms with Crippen molar-refractivity contribution in [1.29, 1.82) is 0 Å². The summed E-state index contributed by atoms with van der Waals surface area (Å²) in [6.45, 7) is 3.13. The van der Waals surface area contributed by atoms with E-state index < -0.39 is 17.8 Å². The van der Waals surface area contributed by atoms with Gasteiger partial charge in [0.05, 0.1) is 17.7 Å². The van der Waals surface area contributed by atoms with Crippen LogP contribution in [0, 0.1) is 5.92 Å². The topological polar surface area (TPSA) is 78.8 Å². The van der Waals surface area contributed by atoms with Crippen molar-refractivity contribution < 1.29 is 19.7 Å². The molecule has 0 radical (unpaired) electrons. The van der Waals surface area contributed by atoms with Crippen LogP contribution in [-0.4, -0.2) is 40.2 Å². The molecule has 0 spiro atoms. The molecule has 2 fully saturated rings. The van der Waals surface area contributed by atoms with E-state index in [1.54, 1.807) is 13.8 Å². The second-order valence-corrected chi connectivity index (χ2v) is 6.84. The van der Waals surface area contributed by atoms with Crippen molar-refractivity contribution in [2.24, 2.45) is 5.92 Å². The first-order valence-corrected chi connectivity index (χ1v) is 7.74. The summed E-state index contributed by atoms with van der Waals surface area (Å²) >= 11 is 0. The number of amides is 1. The molecule has 1 amide bonds. The van der Waals surface area contributed by atoms with Gasteiger partial charge in [0.2, 0.25) is 0 Å². The van der Waals surface area contributed by atoms with Crippen LogP contribution in [-0.2, 0) is 4.74 Å². The van der Waals surface area contributed by atoms with Crippen LogP contribution < -0.4 is 5.32 Å². The van der Waals surface area contributed by atoms with Gasteiger partial charge in [-0.15, -0.1) is 0 Å². The molecule has 116 valence electrons. The van der Waals surface area contributed by atoms with Crippen LogP contribution in [0.3, 0.4) is 0 Å². The SMILES string of the molecule is CC(C)(O)C(O)C[C@@H]1OC(=O)N[C@H]1CC1CCCCC1. The number of alkyl carbamates (subject to hydrolysis) is 1. The molecule has 0 bridgehead atoms. The van der Waals surface area contributed by atoms with Crippen LogP contribution >= 0.6 is 0 Å². The molecule has 1 aliphatic heterocycles. The number of hydrogen-bond acceptors (Lipinski definition) is 4. The molecule has 1 aliphatic carbocycles. The lowest BCUT2D eigenvalue weighted by Gasteiger charge is -2.29. The predicted molar refractivity (Wildman–Crippen MR) is 75.3 cm³/mol. The van der Waals surface area contributed by atoms with Gasteiger partial charge in [0, 0.05) is 6.42 Å². The molecule has 1 heterocycles. The van der Waals surface area contributed by atoms with Crippen LogP contribution in [0.4, 0.5) is 4.79 Å². The molecular weight excluding hydrogens is 258 g/mol. The highest BCUT2D eigenvalue weighted by Gasteiger charge is 2.39. The van der Waals surface area contributed by atoms with E-state index in [2.05, 4.69) is 5.32 Å². The summed E-state index contributed by atoms with van der Waals surface area (Å²) in [5.74, 6) is 0.637. The van der Waals surface area contributed by atoms with Gasteiger partial charge in [-0.3, -0.25) is 0 Å². The third-order valence-electron chi connectivity index (χ3n) is 4.59. The van der Waals surface area contributed by atoms with Crippen molar-refractivity contribution in [3.05, 3.63) is 0 Å². The summed E-state index contributed by atoms with van der Waals surface area (Å²) in [6.07, 6.45) is 5.82. The predicted octanol–water partition coefficient (Wildman–Crippen LogP) is 1.96. The second-order valence-electron chi connectivity index (χ2n) is 6.84. The molecule has 1 saturated carbocycles. The van der Waals surface area contributed by atoms with Crippen LogP contribution in [0.2, 0.25) is 0 Å². The average molecular weight is 285 g/mol. The minimum atomic E-state index is -1.18. The number of hydrogen-bond donors (Lipinski definition) is 3. The van der Waals surface area contributed by atoms with Crippen LogP contribution in [0.25, 0.3) is 0 Å². The quantitative estimate of drug-likeness (QED) is 0.721. The summed E-state index contributed by atoms with van der Waals surface area (Å²) in [5.41, 5.74) is -1.18. The maximum atomic E-state index is 11.5. The summed E-state index contributed by atoms with van der Waals surface area (Å²) in [6, 6.07) is -0.0393. The number of aliphatic hydroxyl groups is 2. The van der Waals surface area contributed by atoms with Crippen molar-refractivity contribution in [1.82, 2.24) is 5.32 Å². The van der Waals surface area contributed by atoms with Crippen molar-refractivity contribution in [2.75, 3.05) is 0 Å². The molecule has 20 heavy (non-hydrogen) atoms. The molecular formula is C15H27NO4. The first-order valence-electron chi connectivity index (χ1n) is 7.74. The number of rotatable bonds is 5. The van der Waals surface area contributed by atoms with Gasteiger partial charge in [0.15, 0.2) is 0 Å². The first-order chi connectivity index (χ1) is 9.36. The Labute approximate surface area is 120 Å². The Morgan fingerprint density at radius 1 is 1.35 bits per heavy atom. The molecule has 2 rings (SSSR count). The Morgan fingerprint density at radius 2 is 2.00 bits per heavy atom. The molecule has 5 heteroatoms. The lowest BCUT2D eigenvalue weighted by Crippen LogP contribution is -2.42. The van der Waals surface area contributed by atoms with Gasteiger partial charge in [0.1, 0.15) is 6.10 Å². The summed E-state index contributed by atoms with van der Waals surface area (Å²) in [4.78, 5) is 11.5. The van der Waals surface area contributed by atoms with E-state index in [1.807, 2.05) is 0 Å². The number of aliphatic hydroxyl groups excluding tert-OH is 1. The van der Waals surface area contributed by atoms with E-state index in [0.717, 1.165) is 6.42 Å². The number of carbonyl (C=O) groups is 1. The zero-order valence-electron chi connectivity index (χ0n) is 12.5. The van der Waals surface area contributed by atoms with Crippen molar-refractivity contribution in [3.63, 3.8) is 0 Å². The third kappa shape index (κ3) is 4.09. The normalized spacial score (nSPS) is 29.9. The second kappa shape index (κ2) is 6.31. The largest absolute Gasteiger partial charge is 0.444 e. The molecule has 3 atom stereocenters. The van der Waals surface area contributed by atoms with E-state index in [-0.39, 0.29) is 18.6 Å². The minimum Gasteiger partial charge on any atom is -0.444 e. The smallest absolute Gasteiger partial charge is 0.407 e. The molecule has 0 aromatic carbocycles. The van der Waals surface area contributed by atoms with Crippen LogP contribution in [0.15, 0.2) is 0 Å². The van der Waals surface area contributed by atoms with Gasteiger partial charge in [-0.1, -0.05) is 32.1 Å². The Kier molecular flexibility index (Phi) is 4.91. The maximum absolute atomic E-state index is 11.5. The van der Waals surface area contributed by atoms with Crippen molar-refractivity contribution in [3.8, 4) is 0 Å². The molecule has 2 aliphatic rings. The molecule has 0 aromatic rings. The van der Waals surface area contributed by atoms with E-state index in [9.17, 15) is 15.0 Å². The molecule has 0 aromatic heterocycles. The zero-order valence-corrected chi connectivity index (χ0v) is 12.5. The monoisotopic (exact) mass is 285 g/mol. The molecule has 1 saturated heterocycles. The molecule has 1 unspecified atom stereocenters. The standard InChI is InChI=1S/C15H27NO4/c1-15(2,19)13(17)9-12-11(16-14(18)20-12)8-10-6-4-3-5-7-10/h10-13,17,19H,3-9H2,1-2H3,(H,16,18)/t11-,12-,13?/m0/s1. The van der Waals surface area contributed by atoms with Crippen LogP contribution in [0.5, 0.6) is 0 Å². The summed E-state index contributed by atoms with van der Waals surface area (Å²) in [7, 11) is 0. The highest BCUT2D eigenvalue weighted by molar-refractivity contribution is 5.70. The number of ether oxygens (including phenoxy) is 1. The Morgan fingerprint density at radius 3 is 2.60 bits per heavy atom. The van der Waals surface area contributed by atoms with E-state index in [1.165, 1.54) is 32.1 Å². The Balaban J connectivity index is 1.90. The maximum Gasteiger partial charge on any atom is 0.407 e.